The van der Waals surface area contributed by atoms with E-state index in [0.29, 0.717) is 24.0 Å². The Bertz CT molecular complexity index is 437. The summed E-state index contributed by atoms with van der Waals surface area (Å²) in [6, 6.07) is 4.66. The van der Waals surface area contributed by atoms with Gasteiger partial charge in [-0.1, -0.05) is 36.5 Å². The molecule has 4 nitrogen and oxygen atoms in total. The van der Waals surface area contributed by atoms with Gasteiger partial charge < -0.3 is 14.6 Å². The van der Waals surface area contributed by atoms with Crippen LogP contribution in [0, 0.1) is 0 Å². The van der Waals surface area contributed by atoms with Gasteiger partial charge in [0.1, 0.15) is 5.75 Å². The molecular weight excluding hydrogens is 303 g/mol. The molecule has 1 aromatic carbocycles. The Morgan fingerprint density at radius 2 is 2.10 bits per heavy atom. The first kappa shape index (κ1) is 17.1. The van der Waals surface area contributed by atoms with Gasteiger partial charge in [0, 0.05) is 18.1 Å². The smallest absolute Gasteiger partial charge is 0.344 e. The molecule has 1 rings (SSSR count). The lowest BCUT2D eigenvalue weighted by Crippen LogP contribution is -2.28. The number of rotatable bonds is 9. The molecule has 0 aromatic heterocycles. The van der Waals surface area contributed by atoms with Crippen LogP contribution >= 0.6 is 23.2 Å². The zero-order valence-corrected chi connectivity index (χ0v) is 12.8. The highest BCUT2D eigenvalue weighted by Gasteiger charge is 2.20. The van der Waals surface area contributed by atoms with Crippen LogP contribution in [0.5, 0.6) is 5.75 Å². The minimum Gasteiger partial charge on any atom is -0.479 e. The molecule has 1 atom stereocenters. The lowest BCUT2D eigenvalue weighted by molar-refractivity contribution is -0.146. The normalized spacial score (nSPS) is 12.2. The molecule has 1 unspecified atom stereocenters. The second kappa shape index (κ2) is 9.06. The second-order valence-electron chi connectivity index (χ2n) is 4.27. The number of ether oxygens (including phenoxy) is 2. The van der Waals surface area contributed by atoms with Crippen LogP contribution in [0.3, 0.4) is 0 Å². The Hall–Kier alpha value is -0.970. The summed E-state index contributed by atoms with van der Waals surface area (Å²) < 4.78 is 10.7. The molecule has 6 heteroatoms. The van der Waals surface area contributed by atoms with Gasteiger partial charge in [-0.2, -0.15) is 0 Å². The number of carboxylic acid groups (broad SMARTS) is 1. The van der Waals surface area contributed by atoms with Gasteiger partial charge >= 0.3 is 5.97 Å². The van der Waals surface area contributed by atoms with Crippen LogP contribution < -0.4 is 4.74 Å². The zero-order chi connectivity index (χ0) is 15.0. The molecule has 20 heavy (non-hydrogen) atoms. The van der Waals surface area contributed by atoms with Crippen molar-refractivity contribution in [1.82, 2.24) is 0 Å². The maximum Gasteiger partial charge on any atom is 0.344 e. The van der Waals surface area contributed by atoms with E-state index in [4.69, 9.17) is 37.8 Å². The molecule has 0 aliphatic carbocycles. The van der Waals surface area contributed by atoms with E-state index < -0.39 is 12.1 Å². The standard InChI is InChI=1S/C14H18Cl2O4/c1-2-3-7-19-8-6-13(14(17)18)20-12-5-4-10(15)9-11(12)16/h4-5,9,13H,2-3,6-8H2,1H3,(H,17,18). The van der Waals surface area contributed by atoms with Gasteiger partial charge in [-0.25, -0.2) is 4.79 Å². The summed E-state index contributed by atoms with van der Waals surface area (Å²) in [7, 11) is 0. The fourth-order valence-corrected chi connectivity index (χ4v) is 1.95. The molecule has 0 fully saturated rings. The van der Waals surface area contributed by atoms with E-state index in [9.17, 15) is 4.79 Å². The third kappa shape index (κ3) is 5.99. The molecule has 1 aromatic rings. The average molecular weight is 321 g/mol. The molecule has 0 amide bonds. The molecule has 0 bridgehead atoms. The summed E-state index contributed by atoms with van der Waals surface area (Å²) >= 11 is 11.7. The molecule has 0 aliphatic heterocycles. The van der Waals surface area contributed by atoms with E-state index in [1.807, 2.05) is 0 Å². The quantitative estimate of drug-likeness (QED) is 0.698. The van der Waals surface area contributed by atoms with Crippen LogP contribution in [0.4, 0.5) is 0 Å². The zero-order valence-electron chi connectivity index (χ0n) is 11.3. The van der Waals surface area contributed by atoms with Crippen LogP contribution in [0.2, 0.25) is 10.0 Å². The van der Waals surface area contributed by atoms with Gasteiger partial charge in [0.25, 0.3) is 0 Å². The van der Waals surface area contributed by atoms with Crippen molar-refractivity contribution in [2.24, 2.45) is 0 Å². The van der Waals surface area contributed by atoms with Gasteiger partial charge in [0.2, 0.25) is 0 Å². The first-order valence-electron chi connectivity index (χ1n) is 6.46. The number of benzene rings is 1. The Labute approximate surface area is 128 Å². The summed E-state index contributed by atoms with van der Waals surface area (Å²) in [5, 5.41) is 9.89. The maximum absolute atomic E-state index is 11.2. The fraction of sp³-hybridized carbons (Fsp3) is 0.500. The molecule has 112 valence electrons. The van der Waals surface area contributed by atoms with Crippen molar-refractivity contribution in [3.63, 3.8) is 0 Å². The highest BCUT2D eigenvalue weighted by atomic mass is 35.5. The van der Waals surface area contributed by atoms with Crippen molar-refractivity contribution in [3.8, 4) is 5.75 Å². The van der Waals surface area contributed by atoms with Crippen LogP contribution in [0.25, 0.3) is 0 Å². The van der Waals surface area contributed by atoms with Crippen LogP contribution in [0.1, 0.15) is 26.2 Å². The first-order valence-corrected chi connectivity index (χ1v) is 7.22. The molecule has 1 N–H and O–H groups in total. The number of carboxylic acids is 1. The summed E-state index contributed by atoms with van der Waals surface area (Å²) in [5.41, 5.74) is 0. The Kier molecular flexibility index (Phi) is 7.73. The van der Waals surface area contributed by atoms with E-state index in [0.717, 1.165) is 12.8 Å². The van der Waals surface area contributed by atoms with Crippen LogP contribution in [0.15, 0.2) is 18.2 Å². The Balaban J connectivity index is 2.52. The predicted molar refractivity (Wildman–Crippen MR) is 78.9 cm³/mol. The van der Waals surface area contributed by atoms with Crippen LogP contribution in [-0.2, 0) is 9.53 Å². The van der Waals surface area contributed by atoms with Gasteiger partial charge in [-0.3, -0.25) is 0 Å². The Morgan fingerprint density at radius 3 is 2.70 bits per heavy atom. The van der Waals surface area contributed by atoms with Gasteiger partial charge in [0.15, 0.2) is 6.10 Å². The van der Waals surface area contributed by atoms with E-state index >= 15 is 0 Å². The molecular formula is C14H18Cl2O4. The number of hydrogen-bond acceptors (Lipinski definition) is 3. The third-order valence-corrected chi connectivity index (χ3v) is 3.14. The van der Waals surface area contributed by atoms with Crippen molar-refractivity contribution >= 4 is 29.2 Å². The van der Waals surface area contributed by atoms with E-state index in [1.165, 1.54) is 6.07 Å². The van der Waals surface area contributed by atoms with Crippen molar-refractivity contribution in [3.05, 3.63) is 28.2 Å². The van der Waals surface area contributed by atoms with E-state index in [2.05, 4.69) is 6.92 Å². The first-order chi connectivity index (χ1) is 9.54. The minimum absolute atomic E-state index is 0.262. The van der Waals surface area contributed by atoms with Crippen molar-refractivity contribution in [2.75, 3.05) is 13.2 Å². The summed E-state index contributed by atoms with van der Waals surface area (Å²) in [4.78, 5) is 11.2. The molecule has 0 saturated heterocycles. The van der Waals surface area contributed by atoms with Crippen molar-refractivity contribution < 1.29 is 19.4 Å². The number of unbranched alkanes of at least 4 members (excludes halogenated alkanes) is 1. The Morgan fingerprint density at radius 1 is 1.35 bits per heavy atom. The SMILES string of the molecule is CCCCOCCC(Oc1ccc(Cl)cc1Cl)C(=O)O. The highest BCUT2D eigenvalue weighted by Crippen LogP contribution is 2.28. The van der Waals surface area contributed by atoms with E-state index in [1.54, 1.807) is 12.1 Å². The largest absolute Gasteiger partial charge is 0.479 e. The lowest BCUT2D eigenvalue weighted by Gasteiger charge is -2.16. The molecule has 0 saturated carbocycles. The predicted octanol–water partition coefficient (Wildman–Crippen LogP) is 4.03. The molecule has 0 spiro atoms. The molecule has 0 radical (unpaired) electrons. The van der Waals surface area contributed by atoms with Crippen molar-refractivity contribution in [1.29, 1.82) is 0 Å². The van der Waals surface area contributed by atoms with E-state index in [-0.39, 0.29) is 11.4 Å². The number of halogens is 2. The summed E-state index contributed by atoms with van der Waals surface area (Å²) in [6.45, 7) is 3.03. The van der Waals surface area contributed by atoms with Gasteiger partial charge in [-0.05, 0) is 24.6 Å². The number of carbonyl (C=O) groups is 1. The minimum atomic E-state index is -1.05. The third-order valence-electron chi connectivity index (χ3n) is 2.61. The summed E-state index contributed by atoms with van der Waals surface area (Å²) in [5.74, 6) is -0.743. The molecule has 0 aliphatic rings. The topological polar surface area (TPSA) is 55.8 Å². The highest BCUT2D eigenvalue weighted by molar-refractivity contribution is 6.35. The second-order valence-corrected chi connectivity index (χ2v) is 5.12. The number of aliphatic carboxylic acids is 1. The lowest BCUT2D eigenvalue weighted by atomic mass is 10.2. The average Bonchev–Trinajstić information content (AvgIpc) is 2.39. The monoisotopic (exact) mass is 320 g/mol. The van der Waals surface area contributed by atoms with Gasteiger partial charge in [0.05, 0.1) is 11.6 Å². The van der Waals surface area contributed by atoms with Crippen LogP contribution in [-0.4, -0.2) is 30.4 Å². The van der Waals surface area contributed by atoms with Crippen molar-refractivity contribution in [2.45, 2.75) is 32.3 Å². The fourth-order valence-electron chi connectivity index (χ4n) is 1.50. The number of hydrogen-bond donors (Lipinski definition) is 1. The van der Waals surface area contributed by atoms with Gasteiger partial charge in [-0.15, -0.1) is 0 Å². The summed E-state index contributed by atoms with van der Waals surface area (Å²) in [6.07, 6.45) is 1.27. The maximum atomic E-state index is 11.2. The molecule has 0 heterocycles.